The van der Waals surface area contributed by atoms with Gasteiger partial charge in [0.05, 0.1) is 17.7 Å². The van der Waals surface area contributed by atoms with Gasteiger partial charge in [-0.05, 0) is 37.3 Å². The number of nitrogens with zero attached hydrogens (tertiary/aromatic N) is 1. The Bertz CT molecular complexity index is 764. The summed E-state index contributed by atoms with van der Waals surface area (Å²) in [4.78, 5) is 27.5. The molecule has 0 heterocycles. The first-order valence-electron chi connectivity index (χ1n) is 10.5. The van der Waals surface area contributed by atoms with E-state index in [9.17, 15) is 22.8 Å². The molecule has 0 spiro atoms. The molecule has 0 saturated heterocycles. The number of carbonyl (C=O) groups is 2. The van der Waals surface area contributed by atoms with E-state index in [0.29, 0.717) is 6.54 Å². The molecule has 1 fully saturated rings. The number of rotatable bonds is 8. The molecule has 0 aliphatic heterocycles. The molecule has 7 heteroatoms. The summed E-state index contributed by atoms with van der Waals surface area (Å²) in [5, 5.41) is 2.85. The Kier molecular flexibility index (Phi) is 8.76. The standard InChI is InChI=1S/C23H29F3N2O2/c1-3-5-15-27-21(29)20(17-11-7-6-8-12-17)28(16-4-2)22(30)18-13-9-10-14-19(18)23(24,25)26/h2,9-10,13-14,17,20H,3,5-8,11-12,15-16H2,1H3,(H,27,29). The number of hydrogen-bond acceptors (Lipinski definition) is 2. The Morgan fingerprint density at radius 1 is 1.23 bits per heavy atom. The van der Waals surface area contributed by atoms with E-state index in [4.69, 9.17) is 6.42 Å². The number of benzene rings is 1. The van der Waals surface area contributed by atoms with Crippen molar-refractivity contribution in [2.75, 3.05) is 13.1 Å². The number of carbonyl (C=O) groups excluding carboxylic acids is 2. The highest BCUT2D eigenvalue weighted by Crippen LogP contribution is 2.34. The van der Waals surface area contributed by atoms with Crippen molar-refractivity contribution < 1.29 is 22.8 Å². The second-order valence-corrected chi connectivity index (χ2v) is 7.67. The molecule has 0 aromatic heterocycles. The summed E-state index contributed by atoms with van der Waals surface area (Å²) < 4.78 is 40.5. The van der Waals surface area contributed by atoms with Crippen LogP contribution in [-0.2, 0) is 11.0 Å². The quantitative estimate of drug-likeness (QED) is 0.490. The lowest BCUT2D eigenvalue weighted by molar-refractivity contribution is -0.138. The van der Waals surface area contributed by atoms with Crippen LogP contribution in [0.15, 0.2) is 24.3 Å². The van der Waals surface area contributed by atoms with Gasteiger partial charge in [0.2, 0.25) is 5.91 Å². The van der Waals surface area contributed by atoms with E-state index >= 15 is 0 Å². The first-order chi connectivity index (χ1) is 14.3. The monoisotopic (exact) mass is 422 g/mol. The van der Waals surface area contributed by atoms with Gasteiger partial charge in [-0.1, -0.05) is 50.7 Å². The van der Waals surface area contributed by atoms with Crippen molar-refractivity contribution in [3.8, 4) is 12.3 Å². The fourth-order valence-electron chi connectivity index (χ4n) is 4.02. The van der Waals surface area contributed by atoms with Crippen LogP contribution in [0, 0.1) is 18.3 Å². The molecule has 1 aromatic rings. The van der Waals surface area contributed by atoms with E-state index in [1.807, 2.05) is 6.92 Å². The molecular weight excluding hydrogens is 393 g/mol. The van der Waals surface area contributed by atoms with Crippen LogP contribution in [-0.4, -0.2) is 35.8 Å². The number of amides is 2. The Labute approximate surface area is 176 Å². The number of hydrogen-bond donors (Lipinski definition) is 1. The topological polar surface area (TPSA) is 49.4 Å². The third-order valence-electron chi connectivity index (χ3n) is 5.52. The van der Waals surface area contributed by atoms with E-state index in [-0.39, 0.29) is 18.4 Å². The second kappa shape index (κ2) is 11.1. The Morgan fingerprint density at radius 3 is 2.50 bits per heavy atom. The molecule has 4 nitrogen and oxygen atoms in total. The number of nitrogens with one attached hydrogen (secondary N) is 1. The van der Waals surface area contributed by atoms with Crippen molar-refractivity contribution in [2.45, 2.75) is 64.1 Å². The lowest BCUT2D eigenvalue weighted by Gasteiger charge is -2.37. The molecule has 0 radical (unpaired) electrons. The molecule has 1 aliphatic rings. The van der Waals surface area contributed by atoms with Gasteiger partial charge in [-0.25, -0.2) is 0 Å². The van der Waals surface area contributed by atoms with Gasteiger partial charge in [-0.2, -0.15) is 13.2 Å². The third-order valence-corrected chi connectivity index (χ3v) is 5.52. The minimum absolute atomic E-state index is 0.129. The number of terminal acetylenes is 1. The Balaban J connectivity index is 2.42. The lowest BCUT2D eigenvalue weighted by Crippen LogP contribution is -2.54. The van der Waals surface area contributed by atoms with Gasteiger partial charge in [-0.3, -0.25) is 9.59 Å². The lowest BCUT2D eigenvalue weighted by atomic mass is 9.82. The molecule has 1 saturated carbocycles. The number of halogens is 3. The molecule has 2 amide bonds. The largest absolute Gasteiger partial charge is 0.417 e. The molecule has 1 unspecified atom stereocenters. The normalized spacial score (nSPS) is 15.8. The average Bonchev–Trinajstić information content (AvgIpc) is 2.73. The Hall–Kier alpha value is -2.49. The van der Waals surface area contributed by atoms with Crippen LogP contribution in [0.4, 0.5) is 13.2 Å². The van der Waals surface area contributed by atoms with Crippen molar-refractivity contribution >= 4 is 11.8 Å². The fraction of sp³-hybridized carbons (Fsp3) is 0.565. The van der Waals surface area contributed by atoms with Crippen molar-refractivity contribution in [3.63, 3.8) is 0 Å². The van der Waals surface area contributed by atoms with Gasteiger partial charge < -0.3 is 10.2 Å². The summed E-state index contributed by atoms with van der Waals surface area (Å²) in [7, 11) is 0. The van der Waals surface area contributed by atoms with Gasteiger partial charge in [-0.15, -0.1) is 6.42 Å². The van der Waals surface area contributed by atoms with Crippen LogP contribution in [0.1, 0.15) is 67.8 Å². The van der Waals surface area contributed by atoms with E-state index < -0.39 is 29.3 Å². The molecule has 164 valence electrons. The van der Waals surface area contributed by atoms with E-state index in [0.717, 1.165) is 62.0 Å². The molecule has 0 bridgehead atoms. The second-order valence-electron chi connectivity index (χ2n) is 7.67. The highest BCUT2D eigenvalue weighted by Gasteiger charge is 2.40. The minimum Gasteiger partial charge on any atom is -0.354 e. The van der Waals surface area contributed by atoms with Gasteiger partial charge in [0.25, 0.3) is 5.91 Å². The highest BCUT2D eigenvalue weighted by atomic mass is 19.4. The summed E-state index contributed by atoms with van der Waals surface area (Å²) in [6.07, 6.45) is 6.80. The summed E-state index contributed by atoms with van der Waals surface area (Å²) >= 11 is 0. The summed E-state index contributed by atoms with van der Waals surface area (Å²) in [6, 6.07) is 3.75. The molecule has 1 aromatic carbocycles. The van der Waals surface area contributed by atoms with Crippen LogP contribution >= 0.6 is 0 Å². The zero-order chi connectivity index (χ0) is 22.1. The van der Waals surface area contributed by atoms with Crippen LogP contribution in [0.3, 0.4) is 0 Å². The maximum absolute atomic E-state index is 13.5. The minimum atomic E-state index is -4.68. The van der Waals surface area contributed by atoms with E-state index in [2.05, 4.69) is 11.2 Å². The average molecular weight is 422 g/mol. The number of alkyl halides is 3. The predicted octanol–water partition coefficient (Wildman–Crippen LogP) is 4.65. The predicted molar refractivity (Wildman–Crippen MR) is 110 cm³/mol. The van der Waals surface area contributed by atoms with Crippen LogP contribution in [0.25, 0.3) is 0 Å². The first kappa shape index (κ1) is 23.8. The molecule has 30 heavy (non-hydrogen) atoms. The van der Waals surface area contributed by atoms with E-state index in [1.54, 1.807) is 0 Å². The Morgan fingerprint density at radius 2 is 1.90 bits per heavy atom. The first-order valence-corrected chi connectivity index (χ1v) is 10.5. The molecule has 2 rings (SSSR count). The summed E-state index contributed by atoms with van der Waals surface area (Å²) in [5.74, 6) is 1.03. The summed E-state index contributed by atoms with van der Waals surface area (Å²) in [5.41, 5.74) is -1.51. The smallest absolute Gasteiger partial charge is 0.354 e. The maximum Gasteiger partial charge on any atom is 0.417 e. The van der Waals surface area contributed by atoms with Crippen LogP contribution < -0.4 is 5.32 Å². The van der Waals surface area contributed by atoms with E-state index in [1.165, 1.54) is 12.1 Å². The van der Waals surface area contributed by atoms with Gasteiger partial charge in [0.1, 0.15) is 6.04 Å². The van der Waals surface area contributed by atoms with Crippen LogP contribution in [0.5, 0.6) is 0 Å². The van der Waals surface area contributed by atoms with Crippen molar-refractivity contribution in [1.82, 2.24) is 10.2 Å². The number of unbranched alkanes of at least 4 members (excludes halogenated alkanes) is 1. The highest BCUT2D eigenvalue weighted by molar-refractivity contribution is 5.99. The van der Waals surface area contributed by atoms with Gasteiger partial charge in [0, 0.05) is 6.54 Å². The molecule has 1 aliphatic carbocycles. The SMILES string of the molecule is C#CCN(C(=O)c1ccccc1C(F)(F)F)C(C(=O)NCCCC)C1CCCCC1. The summed E-state index contributed by atoms with van der Waals surface area (Å²) in [6.45, 7) is 2.22. The zero-order valence-electron chi connectivity index (χ0n) is 17.3. The van der Waals surface area contributed by atoms with Crippen molar-refractivity contribution in [3.05, 3.63) is 35.4 Å². The third kappa shape index (κ3) is 6.01. The maximum atomic E-state index is 13.5. The van der Waals surface area contributed by atoms with Gasteiger partial charge in [0.15, 0.2) is 0 Å². The van der Waals surface area contributed by atoms with Crippen molar-refractivity contribution in [1.29, 1.82) is 0 Å². The fourth-order valence-corrected chi connectivity index (χ4v) is 4.02. The molecular formula is C23H29F3N2O2. The molecule has 1 N–H and O–H groups in total. The van der Waals surface area contributed by atoms with Crippen molar-refractivity contribution in [2.24, 2.45) is 5.92 Å². The van der Waals surface area contributed by atoms with Gasteiger partial charge >= 0.3 is 6.18 Å². The molecule has 1 atom stereocenters. The zero-order valence-corrected chi connectivity index (χ0v) is 17.3. The van der Waals surface area contributed by atoms with Crippen LogP contribution in [0.2, 0.25) is 0 Å².